The van der Waals surface area contributed by atoms with Gasteiger partial charge in [0.2, 0.25) is 0 Å². The van der Waals surface area contributed by atoms with Crippen molar-refractivity contribution in [1.82, 2.24) is 4.98 Å². The molecule has 0 unspecified atom stereocenters. The molecule has 1 rings (SSSR count). The largest absolute Gasteiger partial charge is 0.405 e. The number of nitrogens with two attached hydrogens (primary N) is 1. The zero-order valence-corrected chi connectivity index (χ0v) is 10.8. The number of pyridine rings is 1. The van der Waals surface area contributed by atoms with Crippen molar-refractivity contribution in [2.75, 3.05) is 23.7 Å². The Labute approximate surface area is 106 Å². The van der Waals surface area contributed by atoms with Gasteiger partial charge in [-0.15, -0.1) is 0 Å². The van der Waals surface area contributed by atoms with E-state index in [1.54, 1.807) is 0 Å². The van der Waals surface area contributed by atoms with Gasteiger partial charge < -0.3 is 10.6 Å². The van der Waals surface area contributed by atoms with Crippen LogP contribution in [-0.4, -0.2) is 24.2 Å². The Bertz CT molecular complexity index is 361. The summed E-state index contributed by atoms with van der Waals surface area (Å²) in [4.78, 5) is 5.01. The molecule has 17 heavy (non-hydrogen) atoms. The summed E-state index contributed by atoms with van der Waals surface area (Å²) in [6, 6.07) is 0. The highest BCUT2D eigenvalue weighted by molar-refractivity contribution is 9.10. The molecule has 7 heteroatoms. The second-order valence-corrected chi connectivity index (χ2v) is 4.45. The van der Waals surface area contributed by atoms with Crippen molar-refractivity contribution >= 4 is 27.3 Å². The second kappa shape index (κ2) is 5.57. The quantitative estimate of drug-likeness (QED) is 0.928. The Morgan fingerprint density at radius 3 is 2.53 bits per heavy atom. The van der Waals surface area contributed by atoms with Crippen LogP contribution in [0.4, 0.5) is 24.5 Å². The molecule has 0 aliphatic heterocycles. The number of nitrogen functional groups attached to an aromatic ring is 1. The van der Waals surface area contributed by atoms with Gasteiger partial charge in [-0.3, -0.25) is 4.98 Å². The minimum atomic E-state index is -4.26. The zero-order valence-electron chi connectivity index (χ0n) is 9.26. The van der Waals surface area contributed by atoms with Crippen molar-refractivity contribution in [3.63, 3.8) is 0 Å². The molecule has 0 radical (unpaired) electrons. The van der Waals surface area contributed by atoms with Crippen molar-refractivity contribution in [3.05, 3.63) is 16.9 Å². The number of hydrogen-bond acceptors (Lipinski definition) is 3. The van der Waals surface area contributed by atoms with E-state index in [9.17, 15) is 13.2 Å². The smallest absolute Gasteiger partial charge is 0.396 e. The zero-order chi connectivity index (χ0) is 13.1. The van der Waals surface area contributed by atoms with Gasteiger partial charge in [0.15, 0.2) is 0 Å². The molecule has 3 nitrogen and oxygen atoms in total. The van der Waals surface area contributed by atoms with Crippen molar-refractivity contribution in [2.24, 2.45) is 0 Å². The lowest BCUT2D eigenvalue weighted by molar-refractivity contribution is -0.119. The molecule has 1 aromatic rings. The summed E-state index contributed by atoms with van der Waals surface area (Å²) in [7, 11) is 0. The van der Waals surface area contributed by atoms with E-state index in [-0.39, 0.29) is 12.2 Å². The predicted octanol–water partition coefficient (Wildman–Crippen LogP) is 3.21. The molecule has 0 saturated heterocycles. The molecule has 0 aliphatic rings. The van der Waals surface area contributed by atoms with Crippen LogP contribution >= 0.6 is 15.9 Å². The summed E-state index contributed by atoms with van der Waals surface area (Å²) in [6.45, 7) is 1.08. The van der Waals surface area contributed by atoms with Crippen LogP contribution in [0.15, 0.2) is 16.9 Å². The summed E-state index contributed by atoms with van der Waals surface area (Å²) in [5.41, 5.74) is 6.25. The molecule has 0 atom stereocenters. The van der Waals surface area contributed by atoms with Gasteiger partial charge in [-0.2, -0.15) is 13.2 Å². The maximum absolute atomic E-state index is 12.5. The highest BCUT2D eigenvalue weighted by Gasteiger charge is 2.31. The minimum absolute atomic E-state index is 0.233. The maximum Gasteiger partial charge on any atom is 0.405 e. The third-order valence-corrected chi connectivity index (χ3v) is 2.66. The molecular weight excluding hydrogens is 299 g/mol. The van der Waals surface area contributed by atoms with Gasteiger partial charge in [-0.05, 0) is 22.4 Å². The van der Waals surface area contributed by atoms with E-state index in [0.29, 0.717) is 16.6 Å². The van der Waals surface area contributed by atoms with E-state index in [2.05, 4.69) is 20.9 Å². The third-order valence-electron chi connectivity index (χ3n) is 2.08. The first-order valence-electron chi connectivity index (χ1n) is 5.06. The van der Waals surface area contributed by atoms with Crippen LogP contribution < -0.4 is 10.6 Å². The molecule has 2 N–H and O–H groups in total. The summed E-state index contributed by atoms with van der Waals surface area (Å²) in [5, 5.41) is 0. The number of halogens is 4. The molecular formula is C10H13BrF3N3. The van der Waals surface area contributed by atoms with Crippen LogP contribution in [0, 0.1) is 0 Å². The second-order valence-electron chi connectivity index (χ2n) is 3.60. The first-order valence-corrected chi connectivity index (χ1v) is 5.85. The average Bonchev–Trinajstić information content (AvgIpc) is 2.15. The number of rotatable bonds is 4. The van der Waals surface area contributed by atoms with Crippen LogP contribution in [0.1, 0.15) is 13.3 Å². The van der Waals surface area contributed by atoms with E-state index in [1.807, 2.05) is 6.92 Å². The number of alkyl halides is 3. The number of aromatic nitrogens is 1. The molecule has 0 bridgehead atoms. The molecule has 0 aliphatic carbocycles. The van der Waals surface area contributed by atoms with E-state index in [0.717, 1.165) is 0 Å². The lowest BCUT2D eigenvalue weighted by Gasteiger charge is -2.27. The lowest BCUT2D eigenvalue weighted by Crippen LogP contribution is -2.35. The monoisotopic (exact) mass is 311 g/mol. The maximum atomic E-state index is 12.5. The van der Waals surface area contributed by atoms with Gasteiger partial charge in [0, 0.05) is 12.7 Å². The summed E-state index contributed by atoms with van der Waals surface area (Å²) >= 11 is 3.17. The normalized spacial score (nSPS) is 11.6. The van der Waals surface area contributed by atoms with Crippen molar-refractivity contribution in [3.8, 4) is 0 Å². The van der Waals surface area contributed by atoms with Crippen molar-refractivity contribution in [2.45, 2.75) is 19.5 Å². The number of hydrogen-bond donors (Lipinski definition) is 1. The predicted molar refractivity (Wildman–Crippen MR) is 64.9 cm³/mol. The Morgan fingerprint density at radius 1 is 1.41 bits per heavy atom. The SMILES string of the molecule is CCCN(CC(F)(F)F)c1c(N)cncc1Br. The van der Waals surface area contributed by atoms with E-state index in [4.69, 9.17) is 5.73 Å². The van der Waals surface area contributed by atoms with Crippen LogP contribution in [-0.2, 0) is 0 Å². The fourth-order valence-corrected chi connectivity index (χ4v) is 2.13. The van der Waals surface area contributed by atoms with Gasteiger partial charge in [0.1, 0.15) is 6.54 Å². The average molecular weight is 312 g/mol. The van der Waals surface area contributed by atoms with Gasteiger partial charge in [-0.25, -0.2) is 0 Å². The van der Waals surface area contributed by atoms with Crippen LogP contribution in [0.5, 0.6) is 0 Å². The van der Waals surface area contributed by atoms with Crippen molar-refractivity contribution < 1.29 is 13.2 Å². The van der Waals surface area contributed by atoms with E-state index >= 15 is 0 Å². The fourth-order valence-electron chi connectivity index (χ4n) is 1.53. The first-order chi connectivity index (χ1) is 7.85. The minimum Gasteiger partial charge on any atom is -0.396 e. The molecule has 0 spiro atoms. The standard InChI is InChI=1S/C10H13BrF3N3/c1-2-3-17(6-10(12,13)14)9-7(11)4-16-5-8(9)15/h4-5H,2-3,6,15H2,1H3. The fraction of sp³-hybridized carbons (Fsp3) is 0.500. The summed E-state index contributed by atoms with van der Waals surface area (Å²) in [6.07, 6.45) is -0.877. The molecule has 0 amide bonds. The Hall–Kier alpha value is -0.980. The van der Waals surface area contributed by atoms with Crippen LogP contribution in [0.2, 0.25) is 0 Å². The highest BCUT2D eigenvalue weighted by Crippen LogP contribution is 2.33. The van der Waals surface area contributed by atoms with Crippen LogP contribution in [0.25, 0.3) is 0 Å². The Morgan fingerprint density at radius 2 is 2.06 bits per heavy atom. The van der Waals surface area contributed by atoms with Gasteiger partial charge >= 0.3 is 6.18 Å². The highest BCUT2D eigenvalue weighted by atomic mass is 79.9. The third kappa shape index (κ3) is 4.07. The van der Waals surface area contributed by atoms with E-state index in [1.165, 1.54) is 17.3 Å². The van der Waals surface area contributed by atoms with Crippen LogP contribution in [0.3, 0.4) is 0 Å². The Kier molecular flexibility index (Phi) is 4.62. The molecule has 0 aromatic carbocycles. The first kappa shape index (κ1) is 14.1. The molecule has 96 valence electrons. The molecule has 1 aromatic heterocycles. The van der Waals surface area contributed by atoms with Crippen molar-refractivity contribution in [1.29, 1.82) is 0 Å². The summed E-state index contributed by atoms with van der Waals surface area (Å²) < 4.78 is 37.9. The van der Waals surface area contributed by atoms with Gasteiger partial charge in [0.25, 0.3) is 0 Å². The van der Waals surface area contributed by atoms with Gasteiger partial charge in [0.05, 0.1) is 22.0 Å². The van der Waals surface area contributed by atoms with E-state index < -0.39 is 12.7 Å². The Balaban J connectivity index is 3.05. The number of anilines is 2. The molecule has 0 fully saturated rings. The lowest BCUT2D eigenvalue weighted by atomic mass is 10.3. The summed E-state index contributed by atoms with van der Waals surface area (Å²) in [5.74, 6) is 0. The van der Waals surface area contributed by atoms with Gasteiger partial charge in [-0.1, -0.05) is 6.92 Å². The molecule has 1 heterocycles. The topological polar surface area (TPSA) is 42.1 Å². The molecule has 0 saturated carbocycles. The number of nitrogens with zero attached hydrogens (tertiary/aromatic N) is 2.